The van der Waals surface area contributed by atoms with Crippen molar-refractivity contribution in [3.8, 4) is 0 Å². The molecule has 0 aliphatic carbocycles. The Morgan fingerprint density at radius 2 is 1.62 bits per heavy atom. The number of anilines is 1. The van der Waals surface area contributed by atoms with Gasteiger partial charge in [0.2, 0.25) is 0 Å². The lowest BCUT2D eigenvalue weighted by Gasteiger charge is -2.13. The van der Waals surface area contributed by atoms with Gasteiger partial charge in [-0.2, -0.15) is 31.4 Å². The molecule has 0 aliphatic rings. The maximum Gasteiger partial charge on any atom is 0.433 e. The van der Waals surface area contributed by atoms with Gasteiger partial charge >= 0.3 is 12.4 Å². The third kappa shape index (κ3) is 6.61. The molecule has 2 N–H and O–H groups in total. The third-order valence-corrected chi connectivity index (χ3v) is 6.42. The van der Waals surface area contributed by atoms with Gasteiger partial charge in [-0.15, -0.1) is 0 Å². The molecule has 2 amide bonds. The lowest BCUT2D eigenvalue weighted by atomic mass is 10.1. The second-order valence-electron chi connectivity index (χ2n) is 8.87. The van der Waals surface area contributed by atoms with Crippen LogP contribution in [0, 0.1) is 13.8 Å². The molecule has 14 heteroatoms. The molecule has 2 aromatic heterocycles. The van der Waals surface area contributed by atoms with Gasteiger partial charge in [0.15, 0.2) is 0 Å². The van der Waals surface area contributed by atoms with Crippen LogP contribution in [0.5, 0.6) is 0 Å². The molecule has 0 spiro atoms. The maximum atomic E-state index is 13.5. The smallest absolute Gasteiger partial charge is 0.343 e. The van der Waals surface area contributed by atoms with Gasteiger partial charge in [0.1, 0.15) is 12.2 Å². The van der Waals surface area contributed by atoms with Crippen molar-refractivity contribution in [1.29, 1.82) is 0 Å². The zero-order valence-corrected chi connectivity index (χ0v) is 22.4. The summed E-state index contributed by atoms with van der Waals surface area (Å²) in [6.07, 6.45) is -9.29. The first-order valence-electron chi connectivity index (χ1n) is 11.6. The summed E-state index contributed by atoms with van der Waals surface area (Å²) < 4.78 is 79.5. The molecule has 0 atom stereocenters. The number of benzene rings is 2. The number of aryl methyl sites for hydroxylation is 1. The Labute approximate surface area is 231 Å². The topological polar surface area (TPSA) is 88.9 Å². The summed E-state index contributed by atoms with van der Waals surface area (Å²) in [5.74, 6) is -1.65. The summed E-state index contributed by atoms with van der Waals surface area (Å²) in [6.45, 7) is 2.03. The van der Waals surface area contributed by atoms with E-state index in [1.54, 1.807) is 36.0 Å². The standard InChI is InChI=1S/C26H20BrF6N5O2/c1-13-22(36-24(40)19-10-21(26(31,32)33)35-20-8-7-17(27)9-18(19)20)14(2)38(37-13)11-15-3-5-16(6-4-15)23(39)34-12-25(28,29)30/h3-10H,11-12H2,1-2H3,(H,34,39)(H,36,40). The minimum absolute atomic E-state index is 0.00264. The fourth-order valence-corrected chi connectivity index (χ4v) is 4.32. The summed E-state index contributed by atoms with van der Waals surface area (Å²) in [4.78, 5) is 28.8. The van der Waals surface area contributed by atoms with Crippen molar-refractivity contribution in [3.05, 3.63) is 86.8 Å². The van der Waals surface area contributed by atoms with Crippen LogP contribution < -0.4 is 10.6 Å². The molecule has 7 nitrogen and oxygen atoms in total. The molecule has 0 saturated carbocycles. The van der Waals surface area contributed by atoms with Gasteiger partial charge < -0.3 is 10.6 Å². The molecule has 40 heavy (non-hydrogen) atoms. The van der Waals surface area contributed by atoms with E-state index >= 15 is 0 Å². The molecule has 4 rings (SSSR count). The molecule has 2 heterocycles. The summed E-state index contributed by atoms with van der Waals surface area (Å²) in [7, 11) is 0. The number of carbonyl (C=O) groups is 2. The zero-order valence-electron chi connectivity index (χ0n) is 20.8. The number of amides is 2. The molecule has 4 aromatic rings. The van der Waals surface area contributed by atoms with E-state index in [9.17, 15) is 35.9 Å². The number of carbonyl (C=O) groups excluding carboxylic acids is 2. The Hall–Kier alpha value is -3.94. The number of pyridine rings is 1. The van der Waals surface area contributed by atoms with Gasteiger partial charge in [-0.1, -0.05) is 28.1 Å². The number of nitrogens with one attached hydrogen (secondary N) is 2. The largest absolute Gasteiger partial charge is 0.433 e. The fraction of sp³-hybridized carbons (Fsp3) is 0.231. The molecule has 2 aromatic carbocycles. The maximum absolute atomic E-state index is 13.5. The van der Waals surface area contributed by atoms with Crippen molar-refractivity contribution < 1.29 is 35.9 Å². The SMILES string of the molecule is Cc1nn(Cc2ccc(C(=O)NCC(F)(F)F)cc2)c(C)c1NC(=O)c1cc(C(F)(F)F)nc2ccc(Br)cc12. The number of alkyl halides is 6. The molecule has 0 saturated heterocycles. The van der Waals surface area contributed by atoms with E-state index in [-0.39, 0.29) is 28.6 Å². The molecule has 0 aliphatic heterocycles. The Kier molecular flexibility index (Phi) is 7.92. The average molecular weight is 628 g/mol. The quantitative estimate of drug-likeness (QED) is 0.241. The summed E-state index contributed by atoms with van der Waals surface area (Å²) in [6, 6.07) is 11.0. The predicted octanol–water partition coefficient (Wildman–Crippen LogP) is 6.42. The normalized spacial score (nSPS) is 12.0. The van der Waals surface area contributed by atoms with Gasteiger partial charge in [0.05, 0.1) is 34.7 Å². The Bertz CT molecular complexity index is 1600. The summed E-state index contributed by atoms with van der Waals surface area (Å²) in [5.41, 5.74) is 0.513. The highest BCUT2D eigenvalue weighted by Crippen LogP contribution is 2.32. The van der Waals surface area contributed by atoms with Crippen LogP contribution >= 0.6 is 15.9 Å². The van der Waals surface area contributed by atoms with Crippen LogP contribution in [0.3, 0.4) is 0 Å². The third-order valence-electron chi connectivity index (χ3n) is 5.92. The molecule has 0 fully saturated rings. The minimum Gasteiger partial charge on any atom is -0.343 e. The van der Waals surface area contributed by atoms with Gasteiger partial charge in [-0.05, 0) is 55.8 Å². The van der Waals surface area contributed by atoms with Crippen LogP contribution in [0.15, 0.2) is 53.0 Å². The van der Waals surface area contributed by atoms with Crippen molar-refractivity contribution in [2.24, 2.45) is 0 Å². The van der Waals surface area contributed by atoms with E-state index in [2.05, 4.69) is 31.3 Å². The number of nitrogens with zero attached hydrogens (tertiary/aromatic N) is 3. The highest BCUT2D eigenvalue weighted by Gasteiger charge is 2.34. The Morgan fingerprint density at radius 3 is 2.25 bits per heavy atom. The van der Waals surface area contributed by atoms with E-state index < -0.39 is 36.4 Å². The van der Waals surface area contributed by atoms with Crippen molar-refractivity contribution in [2.75, 3.05) is 11.9 Å². The van der Waals surface area contributed by atoms with Crippen molar-refractivity contribution in [1.82, 2.24) is 20.1 Å². The van der Waals surface area contributed by atoms with E-state index in [1.165, 1.54) is 30.3 Å². The fourth-order valence-electron chi connectivity index (χ4n) is 3.96. The number of fused-ring (bicyclic) bond motifs is 1. The molecule has 0 bridgehead atoms. The van der Waals surface area contributed by atoms with Crippen molar-refractivity contribution >= 4 is 44.3 Å². The van der Waals surface area contributed by atoms with Crippen LogP contribution in [0.1, 0.15) is 43.4 Å². The summed E-state index contributed by atoms with van der Waals surface area (Å²) >= 11 is 3.26. The van der Waals surface area contributed by atoms with Crippen LogP contribution in [0.4, 0.5) is 32.0 Å². The number of rotatable bonds is 6. The van der Waals surface area contributed by atoms with Crippen molar-refractivity contribution in [3.63, 3.8) is 0 Å². The average Bonchev–Trinajstić information content (AvgIpc) is 3.13. The number of hydrogen-bond acceptors (Lipinski definition) is 4. The molecular formula is C26H20BrF6N5O2. The zero-order chi connectivity index (χ0) is 29.4. The second-order valence-corrected chi connectivity index (χ2v) is 9.78. The van der Waals surface area contributed by atoms with E-state index in [1.807, 2.05) is 0 Å². The van der Waals surface area contributed by atoms with E-state index in [0.29, 0.717) is 33.2 Å². The van der Waals surface area contributed by atoms with Gasteiger partial charge in [0.25, 0.3) is 11.8 Å². The predicted molar refractivity (Wildman–Crippen MR) is 138 cm³/mol. The molecule has 0 radical (unpaired) electrons. The molecule has 210 valence electrons. The van der Waals surface area contributed by atoms with E-state index in [4.69, 9.17) is 0 Å². The van der Waals surface area contributed by atoms with Crippen LogP contribution in [-0.2, 0) is 12.7 Å². The summed E-state index contributed by atoms with van der Waals surface area (Å²) in [5, 5.41) is 9.08. The second kappa shape index (κ2) is 10.9. The lowest BCUT2D eigenvalue weighted by Crippen LogP contribution is -2.33. The lowest BCUT2D eigenvalue weighted by molar-refractivity contribution is -0.141. The molecule has 0 unspecified atom stereocenters. The van der Waals surface area contributed by atoms with Crippen LogP contribution in [0.2, 0.25) is 0 Å². The number of hydrogen-bond donors (Lipinski definition) is 2. The van der Waals surface area contributed by atoms with E-state index in [0.717, 1.165) is 0 Å². The molecular weight excluding hydrogens is 608 g/mol. The van der Waals surface area contributed by atoms with Crippen LogP contribution in [-0.4, -0.2) is 39.3 Å². The first-order chi connectivity index (χ1) is 18.6. The number of aromatic nitrogens is 3. The van der Waals surface area contributed by atoms with Crippen LogP contribution in [0.25, 0.3) is 10.9 Å². The Balaban J connectivity index is 1.56. The Morgan fingerprint density at radius 1 is 0.950 bits per heavy atom. The highest BCUT2D eigenvalue weighted by molar-refractivity contribution is 9.10. The van der Waals surface area contributed by atoms with Gasteiger partial charge in [-0.25, -0.2) is 4.98 Å². The van der Waals surface area contributed by atoms with Crippen molar-refractivity contribution in [2.45, 2.75) is 32.7 Å². The monoisotopic (exact) mass is 627 g/mol. The van der Waals surface area contributed by atoms with Gasteiger partial charge in [-0.3, -0.25) is 14.3 Å². The first-order valence-corrected chi connectivity index (χ1v) is 12.4. The highest BCUT2D eigenvalue weighted by atomic mass is 79.9. The number of halogens is 7. The van der Waals surface area contributed by atoms with Gasteiger partial charge in [0, 0.05) is 15.4 Å². The minimum atomic E-state index is -4.76. The first kappa shape index (κ1) is 29.1.